The highest BCUT2D eigenvalue weighted by Gasteiger charge is 2.18. The van der Waals surface area contributed by atoms with Crippen molar-refractivity contribution in [3.8, 4) is 5.75 Å². The van der Waals surface area contributed by atoms with Crippen LogP contribution in [0.15, 0.2) is 18.2 Å². The zero-order valence-electron chi connectivity index (χ0n) is 10.2. The number of hydrogen-bond donors (Lipinski definition) is 2. The maximum atomic E-state index is 11.1. The first-order valence-electron chi connectivity index (χ1n) is 5.28. The number of carboxylic acids is 1. The largest absolute Gasteiger partial charge is 0.496 e. The molecule has 0 fully saturated rings. The van der Waals surface area contributed by atoms with Crippen molar-refractivity contribution in [2.45, 2.75) is 11.7 Å². The van der Waals surface area contributed by atoms with Gasteiger partial charge in [-0.25, -0.2) is 4.79 Å². The Labute approximate surface area is 113 Å². The molecule has 0 aliphatic heterocycles. The van der Waals surface area contributed by atoms with E-state index >= 15 is 0 Å². The molecule has 0 aliphatic carbocycles. The van der Waals surface area contributed by atoms with Crippen molar-refractivity contribution in [3.63, 3.8) is 0 Å². The van der Waals surface area contributed by atoms with Crippen molar-refractivity contribution < 1.29 is 24.2 Å². The van der Waals surface area contributed by atoms with E-state index < -0.39 is 17.1 Å². The van der Waals surface area contributed by atoms with Gasteiger partial charge in [0.15, 0.2) is 5.62 Å². The highest BCUT2D eigenvalue weighted by Crippen LogP contribution is 2.22. The molecule has 0 spiro atoms. The molecule has 0 saturated heterocycles. The standard InChI is InChI=1S/C12H13NO5S/c1-18-9-3-2-7(4-8(9)12(16)17)5-10(11(13)15)19-6-14/h2-4,6,10H,5H2,1H3,(H2,13,15)(H,16,17). The van der Waals surface area contributed by atoms with Gasteiger partial charge < -0.3 is 15.6 Å². The zero-order chi connectivity index (χ0) is 14.4. The third-order valence-corrected chi connectivity index (χ3v) is 3.29. The molecule has 7 heteroatoms. The van der Waals surface area contributed by atoms with E-state index in [1.54, 1.807) is 6.07 Å². The maximum Gasteiger partial charge on any atom is 0.339 e. The molecule has 1 amide bonds. The van der Waals surface area contributed by atoms with Gasteiger partial charge in [-0.05, 0) is 24.1 Å². The first-order chi connectivity index (χ1) is 8.99. The number of benzene rings is 1. The number of methoxy groups -OCH3 is 1. The van der Waals surface area contributed by atoms with E-state index in [9.17, 15) is 14.4 Å². The number of hydrogen-bond acceptors (Lipinski definition) is 5. The summed E-state index contributed by atoms with van der Waals surface area (Å²) in [4.78, 5) is 32.6. The van der Waals surface area contributed by atoms with Gasteiger partial charge in [0.1, 0.15) is 11.3 Å². The summed E-state index contributed by atoms with van der Waals surface area (Å²) < 4.78 is 4.93. The minimum Gasteiger partial charge on any atom is -0.496 e. The number of carbonyl (C=O) groups is 3. The number of thioether (sulfide) groups is 1. The molecule has 1 aromatic rings. The molecule has 0 saturated carbocycles. The fourth-order valence-electron chi connectivity index (χ4n) is 1.55. The Bertz CT molecular complexity index is 503. The van der Waals surface area contributed by atoms with Crippen LogP contribution in [0.2, 0.25) is 0 Å². The van der Waals surface area contributed by atoms with Crippen LogP contribution in [0.3, 0.4) is 0 Å². The van der Waals surface area contributed by atoms with Crippen LogP contribution in [-0.4, -0.2) is 35.0 Å². The van der Waals surface area contributed by atoms with Gasteiger partial charge in [0.25, 0.3) is 0 Å². The topological polar surface area (TPSA) is 107 Å². The summed E-state index contributed by atoms with van der Waals surface area (Å²) in [5.41, 5.74) is 6.30. The van der Waals surface area contributed by atoms with E-state index in [0.717, 1.165) is 11.8 Å². The molecule has 1 unspecified atom stereocenters. The Morgan fingerprint density at radius 3 is 2.68 bits per heavy atom. The second-order valence-electron chi connectivity index (χ2n) is 3.67. The molecular formula is C12H13NO5S. The molecule has 0 bridgehead atoms. The molecule has 0 aliphatic rings. The van der Waals surface area contributed by atoms with Gasteiger partial charge in [0, 0.05) is 0 Å². The fraction of sp³-hybridized carbons (Fsp3) is 0.250. The van der Waals surface area contributed by atoms with E-state index in [1.165, 1.54) is 19.2 Å². The number of ether oxygens (including phenoxy) is 1. The fourth-order valence-corrected chi connectivity index (χ4v) is 2.10. The molecule has 0 aromatic heterocycles. The summed E-state index contributed by atoms with van der Waals surface area (Å²) >= 11 is 0.770. The zero-order valence-corrected chi connectivity index (χ0v) is 11.0. The molecule has 6 nitrogen and oxygen atoms in total. The number of amides is 1. The molecule has 0 radical (unpaired) electrons. The van der Waals surface area contributed by atoms with Gasteiger partial charge >= 0.3 is 5.97 Å². The number of primary amides is 1. The average Bonchev–Trinajstić information content (AvgIpc) is 2.37. The normalized spacial score (nSPS) is 11.6. The van der Waals surface area contributed by atoms with Gasteiger partial charge in [0.05, 0.1) is 12.4 Å². The Morgan fingerprint density at radius 2 is 2.21 bits per heavy atom. The Kier molecular flexibility index (Phi) is 5.37. The monoisotopic (exact) mass is 283 g/mol. The van der Waals surface area contributed by atoms with Gasteiger partial charge in [-0.1, -0.05) is 17.8 Å². The minimum absolute atomic E-state index is 0.000626. The number of aromatic carboxylic acids is 1. The number of rotatable bonds is 7. The van der Waals surface area contributed by atoms with Crippen molar-refractivity contribution >= 4 is 29.3 Å². The average molecular weight is 283 g/mol. The lowest BCUT2D eigenvalue weighted by Crippen LogP contribution is -2.27. The van der Waals surface area contributed by atoms with E-state index in [1.807, 2.05) is 0 Å². The first-order valence-corrected chi connectivity index (χ1v) is 6.22. The lowest BCUT2D eigenvalue weighted by molar-refractivity contribution is -0.117. The predicted molar refractivity (Wildman–Crippen MR) is 71.0 cm³/mol. The van der Waals surface area contributed by atoms with Crippen molar-refractivity contribution in [1.82, 2.24) is 0 Å². The summed E-state index contributed by atoms with van der Waals surface area (Å²) in [6.07, 6.45) is 0.184. The van der Waals surface area contributed by atoms with E-state index in [-0.39, 0.29) is 17.7 Å². The Morgan fingerprint density at radius 1 is 1.53 bits per heavy atom. The molecule has 3 N–H and O–H groups in total. The van der Waals surface area contributed by atoms with Gasteiger partial charge in [-0.3, -0.25) is 9.59 Å². The SMILES string of the molecule is COc1ccc(CC(SC=O)C(N)=O)cc1C(=O)O. The summed E-state index contributed by atoms with van der Waals surface area (Å²) in [5.74, 6) is -1.52. The van der Waals surface area contributed by atoms with E-state index in [0.29, 0.717) is 11.2 Å². The van der Waals surface area contributed by atoms with Crippen molar-refractivity contribution in [1.29, 1.82) is 0 Å². The van der Waals surface area contributed by atoms with Crippen LogP contribution in [0.4, 0.5) is 0 Å². The molecule has 1 aromatic carbocycles. The summed E-state index contributed by atoms with van der Waals surface area (Å²) in [6, 6.07) is 4.54. The Hall–Kier alpha value is -2.02. The lowest BCUT2D eigenvalue weighted by Gasteiger charge is -2.11. The van der Waals surface area contributed by atoms with Gasteiger partial charge in [-0.2, -0.15) is 0 Å². The molecule has 19 heavy (non-hydrogen) atoms. The minimum atomic E-state index is -1.13. The van der Waals surface area contributed by atoms with Crippen LogP contribution >= 0.6 is 11.8 Å². The van der Waals surface area contributed by atoms with Gasteiger partial charge in [-0.15, -0.1) is 0 Å². The van der Waals surface area contributed by atoms with Crippen LogP contribution in [-0.2, 0) is 16.0 Å². The summed E-state index contributed by atoms with van der Waals surface area (Å²) in [6.45, 7) is 0. The second kappa shape index (κ2) is 6.79. The first kappa shape index (κ1) is 15.0. The van der Waals surface area contributed by atoms with Crippen LogP contribution < -0.4 is 10.5 Å². The van der Waals surface area contributed by atoms with Crippen molar-refractivity contribution in [3.05, 3.63) is 29.3 Å². The van der Waals surface area contributed by atoms with E-state index in [2.05, 4.69) is 0 Å². The maximum absolute atomic E-state index is 11.1. The number of nitrogens with two attached hydrogens (primary N) is 1. The second-order valence-corrected chi connectivity index (χ2v) is 4.70. The highest BCUT2D eigenvalue weighted by atomic mass is 32.2. The molecule has 1 atom stereocenters. The molecule has 102 valence electrons. The van der Waals surface area contributed by atoms with E-state index in [4.69, 9.17) is 15.6 Å². The highest BCUT2D eigenvalue weighted by molar-refractivity contribution is 8.13. The smallest absolute Gasteiger partial charge is 0.339 e. The quantitative estimate of drug-likeness (QED) is 0.714. The van der Waals surface area contributed by atoms with Crippen molar-refractivity contribution in [2.75, 3.05) is 7.11 Å². The Balaban J connectivity index is 3.01. The summed E-state index contributed by atoms with van der Waals surface area (Å²) in [5, 5.41) is 8.32. The lowest BCUT2D eigenvalue weighted by atomic mass is 10.0. The number of carbonyl (C=O) groups excluding carboxylic acids is 2. The summed E-state index contributed by atoms with van der Waals surface area (Å²) in [7, 11) is 1.37. The molecule has 1 rings (SSSR count). The number of carboxylic acid groups (broad SMARTS) is 1. The predicted octanol–water partition coefficient (Wildman–Crippen LogP) is 0.713. The van der Waals surface area contributed by atoms with Gasteiger partial charge in [0.2, 0.25) is 5.91 Å². The molecule has 0 heterocycles. The van der Waals surface area contributed by atoms with Crippen LogP contribution in [0.1, 0.15) is 15.9 Å². The molecular weight excluding hydrogens is 270 g/mol. The van der Waals surface area contributed by atoms with Crippen LogP contribution in [0.5, 0.6) is 5.75 Å². The third kappa shape index (κ3) is 3.99. The third-order valence-electron chi connectivity index (χ3n) is 2.45. The van der Waals surface area contributed by atoms with Crippen molar-refractivity contribution in [2.24, 2.45) is 5.73 Å². The van der Waals surface area contributed by atoms with Crippen LogP contribution in [0, 0.1) is 0 Å². The van der Waals surface area contributed by atoms with Crippen LogP contribution in [0.25, 0.3) is 0 Å².